The molecule has 0 saturated heterocycles. The van der Waals surface area contributed by atoms with Crippen molar-refractivity contribution in [2.24, 2.45) is 5.14 Å². The first kappa shape index (κ1) is 15.5. The zero-order chi connectivity index (χ0) is 14.8. The summed E-state index contributed by atoms with van der Waals surface area (Å²) in [4.78, 5) is 10.8. The van der Waals surface area contributed by atoms with Crippen molar-refractivity contribution < 1.29 is 18.3 Å². The van der Waals surface area contributed by atoms with Gasteiger partial charge in [-0.1, -0.05) is 11.6 Å². The monoisotopic (exact) mass is 307 g/mol. The van der Waals surface area contributed by atoms with Crippen LogP contribution in [0.15, 0.2) is 17.0 Å². The number of rotatable bonds is 3. The van der Waals surface area contributed by atoms with Gasteiger partial charge < -0.3 is 15.7 Å². The number of hydrogen-bond acceptors (Lipinski definition) is 4. The number of nitrogens with two attached hydrogens (primary N) is 1. The van der Waals surface area contributed by atoms with Crippen molar-refractivity contribution in [3.05, 3.63) is 17.2 Å². The minimum atomic E-state index is -4.20. The summed E-state index contributed by atoms with van der Waals surface area (Å²) in [6.07, 6.45) is 0. The van der Waals surface area contributed by atoms with E-state index in [1.807, 2.05) is 0 Å². The van der Waals surface area contributed by atoms with Crippen molar-refractivity contribution in [2.75, 3.05) is 5.32 Å². The van der Waals surface area contributed by atoms with Crippen LogP contribution in [0.1, 0.15) is 13.8 Å². The Morgan fingerprint density at radius 2 is 2.00 bits per heavy atom. The van der Waals surface area contributed by atoms with Crippen LogP contribution >= 0.6 is 11.6 Å². The maximum absolute atomic E-state index is 11.5. The van der Waals surface area contributed by atoms with E-state index in [1.54, 1.807) is 13.8 Å². The van der Waals surface area contributed by atoms with Crippen LogP contribution in [0, 0.1) is 0 Å². The third kappa shape index (κ3) is 3.98. The minimum Gasteiger partial charge on any atom is -0.504 e. The number of hydrogen-bond donors (Lipinski definition) is 4. The fourth-order valence-electron chi connectivity index (χ4n) is 1.34. The van der Waals surface area contributed by atoms with Crippen LogP contribution in [0.5, 0.6) is 5.75 Å². The zero-order valence-corrected chi connectivity index (χ0v) is 11.8. The second kappa shape index (κ2) is 5.64. The highest BCUT2D eigenvalue weighted by Crippen LogP contribution is 2.35. The molecule has 0 atom stereocenters. The molecule has 106 valence electrons. The standard InChI is InChI=1S/C10H14ClN3O4S/c1-5(2)13-10(16)14-7-4-3-6(11)9(8(7)15)19(12,17)18/h3-5,15H,1-2H3,(H2,12,17,18)(H2,13,14,16). The summed E-state index contributed by atoms with van der Waals surface area (Å²) < 4.78 is 22.6. The normalized spacial score (nSPS) is 11.4. The summed E-state index contributed by atoms with van der Waals surface area (Å²) in [7, 11) is -4.20. The van der Waals surface area contributed by atoms with Crippen molar-refractivity contribution in [1.29, 1.82) is 0 Å². The number of amides is 2. The lowest BCUT2D eigenvalue weighted by Crippen LogP contribution is -2.34. The quantitative estimate of drug-likeness (QED) is 0.627. The Labute approximate surface area is 115 Å². The molecule has 0 unspecified atom stereocenters. The number of urea groups is 1. The van der Waals surface area contributed by atoms with Crippen molar-refractivity contribution in [3.8, 4) is 5.75 Å². The van der Waals surface area contributed by atoms with Crippen molar-refractivity contribution >= 4 is 33.3 Å². The lowest BCUT2D eigenvalue weighted by Gasteiger charge is -2.13. The molecule has 0 saturated carbocycles. The van der Waals surface area contributed by atoms with Crippen molar-refractivity contribution in [3.63, 3.8) is 0 Å². The number of benzene rings is 1. The Morgan fingerprint density at radius 3 is 2.47 bits per heavy atom. The molecule has 2 amide bonds. The summed E-state index contributed by atoms with van der Waals surface area (Å²) in [6, 6.07) is 1.78. The maximum atomic E-state index is 11.5. The van der Waals surface area contributed by atoms with E-state index in [0.717, 1.165) is 0 Å². The molecule has 9 heteroatoms. The lowest BCUT2D eigenvalue weighted by atomic mass is 10.3. The second-order valence-electron chi connectivity index (χ2n) is 4.07. The van der Waals surface area contributed by atoms with Gasteiger partial charge in [-0.25, -0.2) is 18.4 Å². The van der Waals surface area contributed by atoms with Crippen molar-refractivity contribution in [1.82, 2.24) is 5.32 Å². The molecule has 1 rings (SSSR count). The van der Waals surface area contributed by atoms with Gasteiger partial charge in [0, 0.05) is 6.04 Å². The highest BCUT2D eigenvalue weighted by molar-refractivity contribution is 7.89. The molecule has 0 bridgehead atoms. The first-order valence-corrected chi connectivity index (χ1v) is 7.17. The maximum Gasteiger partial charge on any atom is 0.319 e. The Kier molecular flexibility index (Phi) is 4.61. The van der Waals surface area contributed by atoms with Crippen LogP contribution in [0.25, 0.3) is 0 Å². The molecule has 0 aliphatic rings. The Hall–Kier alpha value is -1.51. The molecule has 7 nitrogen and oxygen atoms in total. The number of phenols is 1. The SMILES string of the molecule is CC(C)NC(=O)Nc1ccc(Cl)c(S(N)(=O)=O)c1O. The number of primary sulfonamides is 1. The van der Waals surface area contributed by atoms with Gasteiger partial charge in [-0.05, 0) is 26.0 Å². The molecule has 19 heavy (non-hydrogen) atoms. The summed E-state index contributed by atoms with van der Waals surface area (Å²) in [5.74, 6) is -0.700. The fraction of sp³-hybridized carbons (Fsp3) is 0.300. The van der Waals surface area contributed by atoms with Gasteiger partial charge in [0.05, 0.1) is 10.7 Å². The molecule has 0 aromatic heterocycles. The average molecular weight is 308 g/mol. The van der Waals surface area contributed by atoms with E-state index in [9.17, 15) is 18.3 Å². The van der Waals surface area contributed by atoms with E-state index in [-0.39, 0.29) is 16.8 Å². The third-order valence-electron chi connectivity index (χ3n) is 2.04. The Bertz CT molecular complexity index is 601. The molecule has 0 heterocycles. The van der Waals surface area contributed by atoms with Gasteiger partial charge in [-0.15, -0.1) is 0 Å². The molecule has 0 spiro atoms. The van der Waals surface area contributed by atoms with Crippen molar-refractivity contribution in [2.45, 2.75) is 24.8 Å². The fourth-order valence-corrected chi connectivity index (χ4v) is 2.53. The molecule has 0 radical (unpaired) electrons. The number of carbonyl (C=O) groups excluding carboxylic acids is 1. The van der Waals surface area contributed by atoms with Crippen LogP contribution in [0.3, 0.4) is 0 Å². The van der Waals surface area contributed by atoms with E-state index in [4.69, 9.17) is 16.7 Å². The number of anilines is 1. The molecule has 1 aromatic carbocycles. The van der Waals surface area contributed by atoms with Gasteiger partial charge in [-0.2, -0.15) is 0 Å². The van der Waals surface area contributed by atoms with Gasteiger partial charge in [0.15, 0.2) is 5.75 Å². The number of carbonyl (C=O) groups is 1. The van der Waals surface area contributed by atoms with Gasteiger partial charge in [0.1, 0.15) is 4.90 Å². The summed E-state index contributed by atoms with van der Waals surface area (Å²) in [5, 5.41) is 19.3. The number of nitrogens with one attached hydrogen (secondary N) is 2. The lowest BCUT2D eigenvalue weighted by molar-refractivity contribution is 0.250. The third-order valence-corrected chi connectivity index (χ3v) is 3.45. The summed E-state index contributed by atoms with van der Waals surface area (Å²) >= 11 is 5.66. The Morgan fingerprint density at radius 1 is 1.42 bits per heavy atom. The van der Waals surface area contributed by atoms with Gasteiger partial charge in [0.2, 0.25) is 10.0 Å². The number of sulfonamides is 1. The molecule has 5 N–H and O–H groups in total. The summed E-state index contributed by atoms with van der Waals surface area (Å²) in [6.45, 7) is 3.49. The molecule has 1 aromatic rings. The minimum absolute atomic E-state index is 0.105. The molecule has 0 fully saturated rings. The van der Waals surface area contributed by atoms with Gasteiger partial charge in [0.25, 0.3) is 0 Å². The van der Waals surface area contributed by atoms with Gasteiger partial charge >= 0.3 is 6.03 Å². The molecule has 0 aliphatic carbocycles. The molecular weight excluding hydrogens is 294 g/mol. The average Bonchev–Trinajstić information content (AvgIpc) is 2.19. The second-order valence-corrected chi connectivity index (χ2v) is 5.98. The Balaban J connectivity index is 3.16. The van der Waals surface area contributed by atoms with E-state index < -0.39 is 26.7 Å². The number of halogens is 1. The summed E-state index contributed by atoms with van der Waals surface area (Å²) in [5.41, 5.74) is -0.105. The number of aromatic hydroxyl groups is 1. The highest BCUT2D eigenvalue weighted by Gasteiger charge is 2.22. The zero-order valence-electron chi connectivity index (χ0n) is 10.3. The van der Waals surface area contributed by atoms with E-state index in [1.165, 1.54) is 12.1 Å². The smallest absolute Gasteiger partial charge is 0.319 e. The topological polar surface area (TPSA) is 122 Å². The predicted molar refractivity (Wildman–Crippen MR) is 71.8 cm³/mol. The van der Waals surface area contributed by atoms with E-state index >= 15 is 0 Å². The number of phenolic OH excluding ortho intramolecular Hbond substituents is 1. The van der Waals surface area contributed by atoms with E-state index in [2.05, 4.69) is 10.6 Å². The van der Waals surface area contributed by atoms with Crippen LogP contribution in [0.2, 0.25) is 5.02 Å². The van der Waals surface area contributed by atoms with Crippen LogP contribution < -0.4 is 15.8 Å². The van der Waals surface area contributed by atoms with Crippen LogP contribution in [-0.2, 0) is 10.0 Å². The first-order valence-electron chi connectivity index (χ1n) is 5.24. The van der Waals surface area contributed by atoms with Crippen LogP contribution in [-0.4, -0.2) is 25.6 Å². The largest absolute Gasteiger partial charge is 0.504 e. The highest BCUT2D eigenvalue weighted by atomic mass is 35.5. The first-order chi connectivity index (χ1) is 8.62. The molecule has 0 aliphatic heterocycles. The predicted octanol–water partition coefficient (Wildman–Crippen LogP) is 1.22. The van der Waals surface area contributed by atoms with Crippen LogP contribution in [0.4, 0.5) is 10.5 Å². The van der Waals surface area contributed by atoms with E-state index in [0.29, 0.717) is 0 Å². The van der Waals surface area contributed by atoms with Gasteiger partial charge in [-0.3, -0.25) is 0 Å². The molecular formula is C10H14ClN3O4S.